The lowest BCUT2D eigenvalue weighted by Gasteiger charge is -2.32. The van der Waals surface area contributed by atoms with E-state index in [0.717, 1.165) is 27.7 Å². The number of benzene rings is 1. The number of carbonyl (C=O) groups is 1. The van der Waals surface area contributed by atoms with Crippen molar-refractivity contribution in [3.05, 3.63) is 58.5 Å². The van der Waals surface area contributed by atoms with Crippen molar-refractivity contribution in [1.82, 2.24) is 19.7 Å². The Morgan fingerprint density at radius 2 is 2.16 bits per heavy atom. The maximum atomic E-state index is 13.4. The molecule has 0 saturated heterocycles. The normalized spacial score (nSPS) is 17.0. The second kappa shape index (κ2) is 6.07. The van der Waals surface area contributed by atoms with Crippen molar-refractivity contribution in [1.29, 1.82) is 0 Å². The molecule has 0 aliphatic carbocycles. The van der Waals surface area contributed by atoms with E-state index in [9.17, 15) is 9.18 Å². The van der Waals surface area contributed by atoms with Crippen molar-refractivity contribution in [2.45, 2.75) is 33.0 Å². The molecule has 25 heavy (non-hydrogen) atoms. The number of aromatic nitrogens is 3. The fraction of sp³-hybridized carbons (Fsp3) is 0.278. The molecule has 1 aliphatic rings. The number of rotatable bonds is 3. The van der Waals surface area contributed by atoms with Gasteiger partial charge in [0.05, 0.1) is 11.4 Å². The lowest BCUT2D eigenvalue weighted by Crippen LogP contribution is -2.41. The fourth-order valence-corrected chi connectivity index (χ4v) is 4.11. The second-order valence-corrected chi connectivity index (χ2v) is 7.16. The zero-order valence-corrected chi connectivity index (χ0v) is 14.8. The number of halogens is 1. The van der Waals surface area contributed by atoms with E-state index in [1.54, 1.807) is 22.3 Å². The van der Waals surface area contributed by atoms with Gasteiger partial charge < -0.3 is 4.90 Å². The van der Waals surface area contributed by atoms with Crippen LogP contribution in [0.4, 0.5) is 4.39 Å². The molecule has 0 spiro atoms. The third-order valence-electron chi connectivity index (χ3n) is 4.48. The molecule has 128 valence electrons. The number of amides is 1. The summed E-state index contributed by atoms with van der Waals surface area (Å²) in [7, 11) is 0. The summed E-state index contributed by atoms with van der Waals surface area (Å²) in [5.41, 5.74) is 1.89. The van der Waals surface area contributed by atoms with E-state index in [0.29, 0.717) is 13.1 Å². The van der Waals surface area contributed by atoms with Crippen molar-refractivity contribution in [3.8, 4) is 10.7 Å². The van der Waals surface area contributed by atoms with Crippen molar-refractivity contribution in [2.75, 3.05) is 0 Å². The van der Waals surface area contributed by atoms with Gasteiger partial charge in [-0.25, -0.2) is 4.39 Å². The van der Waals surface area contributed by atoms with E-state index in [2.05, 4.69) is 10.2 Å². The highest BCUT2D eigenvalue weighted by Crippen LogP contribution is 2.33. The minimum atomic E-state index is -0.385. The Balaban J connectivity index is 1.67. The minimum absolute atomic E-state index is 0.00739. The number of carbonyl (C=O) groups excluding carboxylic acids is 1. The number of fused-ring (bicyclic) bond motifs is 1. The summed E-state index contributed by atoms with van der Waals surface area (Å²) in [4.78, 5) is 15.6. The van der Waals surface area contributed by atoms with Gasteiger partial charge >= 0.3 is 0 Å². The van der Waals surface area contributed by atoms with E-state index < -0.39 is 0 Å². The van der Waals surface area contributed by atoms with Gasteiger partial charge in [0, 0.05) is 6.54 Å². The van der Waals surface area contributed by atoms with Gasteiger partial charge in [-0.3, -0.25) is 9.36 Å². The first kappa shape index (κ1) is 16.0. The zero-order valence-electron chi connectivity index (χ0n) is 13.9. The van der Waals surface area contributed by atoms with Gasteiger partial charge in [-0.1, -0.05) is 12.1 Å². The minimum Gasteiger partial charge on any atom is -0.329 e. The number of nitrogens with zero attached hydrogens (tertiary/aromatic N) is 4. The summed E-state index contributed by atoms with van der Waals surface area (Å²) >= 11 is 1.60. The Morgan fingerprint density at radius 1 is 1.32 bits per heavy atom. The van der Waals surface area contributed by atoms with Crippen molar-refractivity contribution in [2.24, 2.45) is 0 Å². The molecule has 4 rings (SSSR count). The molecule has 0 fully saturated rings. The number of thiophene rings is 1. The van der Waals surface area contributed by atoms with Crippen LogP contribution in [0.25, 0.3) is 10.7 Å². The third kappa shape index (κ3) is 2.74. The van der Waals surface area contributed by atoms with E-state index >= 15 is 0 Å². The fourth-order valence-electron chi connectivity index (χ4n) is 3.21. The van der Waals surface area contributed by atoms with Crippen LogP contribution in [-0.4, -0.2) is 25.6 Å². The summed E-state index contributed by atoms with van der Waals surface area (Å²) in [6, 6.07) is 7.98. The standard InChI is InChI=1S/C18H17FN4OS/c1-11-6-7-25-16(11)17-21-20-15-10-22(18(24)12(2)23(15)17)9-13-4-3-5-14(19)8-13/h3-8,12H,9-10H2,1-2H3/t12-/m0/s1. The third-order valence-corrected chi connectivity index (χ3v) is 5.50. The first-order valence-corrected chi connectivity index (χ1v) is 8.94. The Labute approximate surface area is 148 Å². The Morgan fingerprint density at radius 3 is 2.88 bits per heavy atom. The number of hydrogen-bond donors (Lipinski definition) is 0. The van der Waals surface area contributed by atoms with E-state index in [4.69, 9.17) is 0 Å². The molecule has 2 aromatic heterocycles. The average Bonchev–Trinajstić information content (AvgIpc) is 3.18. The summed E-state index contributed by atoms with van der Waals surface area (Å²) in [5.74, 6) is 1.20. The molecule has 0 radical (unpaired) electrons. The average molecular weight is 356 g/mol. The van der Waals surface area contributed by atoms with Gasteiger partial charge in [0.1, 0.15) is 11.9 Å². The molecule has 1 aromatic carbocycles. The summed E-state index contributed by atoms with van der Waals surface area (Å²) in [5, 5.41) is 10.6. The Hall–Kier alpha value is -2.54. The SMILES string of the molecule is Cc1ccsc1-c1nnc2n1[C@@H](C)C(=O)N(Cc1cccc(F)c1)C2. The molecule has 5 nitrogen and oxygen atoms in total. The van der Waals surface area contributed by atoms with Gasteiger partial charge in [0.2, 0.25) is 5.91 Å². The van der Waals surface area contributed by atoms with Crippen LogP contribution in [0.5, 0.6) is 0 Å². The zero-order chi connectivity index (χ0) is 17.6. The highest BCUT2D eigenvalue weighted by Gasteiger charge is 2.34. The summed E-state index contributed by atoms with van der Waals surface area (Å²) in [6.07, 6.45) is 0. The van der Waals surface area contributed by atoms with Gasteiger partial charge in [0.25, 0.3) is 0 Å². The van der Waals surface area contributed by atoms with Gasteiger partial charge in [-0.05, 0) is 48.6 Å². The predicted octanol–water partition coefficient (Wildman–Crippen LogP) is 3.56. The largest absolute Gasteiger partial charge is 0.329 e. The first-order chi connectivity index (χ1) is 12.0. The van der Waals surface area contributed by atoms with Crippen LogP contribution in [0.15, 0.2) is 35.7 Å². The first-order valence-electron chi connectivity index (χ1n) is 8.06. The molecule has 3 aromatic rings. The topological polar surface area (TPSA) is 51.0 Å². The number of aryl methyl sites for hydroxylation is 1. The molecule has 0 unspecified atom stereocenters. The van der Waals surface area contributed by atoms with Crippen LogP contribution in [-0.2, 0) is 17.9 Å². The van der Waals surface area contributed by atoms with Crippen LogP contribution in [0.2, 0.25) is 0 Å². The molecule has 1 amide bonds. The van der Waals surface area contributed by atoms with E-state index in [1.165, 1.54) is 12.1 Å². The molecule has 1 aliphatic heterocycles. The van der Waals surface area contributed by atoms with Crippen molar-refractivity contribution in [3.63, 3.8) is 0 Å². The highest BCUT2D eigenvalue weighted by molar-refractivity contribution is 7.13. The maximum Gasteiger partial charge on any atom is 0.246 e. The van der Waals surface area contributed by atoms with Crippen LogP contribution < -0.4 is 0 Å². The van der Waals surface area contributed by atoms with E-state index in [1.807, 2.05) is 35.9 Å². The number of hydrogen-bond acceptors (Lipinski definition) is 4. The van der Waals surface area contributed by atoms with Crippen LogP contribution in [0, 0.1) is 12.7 Å². The lowest BCUT2D eigenvalue weighted by molar-refractivity contribution is -0.137. The molecule has 0 bridgehead atoms. The smallest absolute Gasteiger partial charge is 0.246 e. The van der Waals surface area contributed by atoms with E-state index in [-0.39, 0.29) is 17.8 Å². The summed E-state index contributed by atoms with van der Waals surface area (Å²) in [6.45, 7) is 4.62. The molecule has 0 saturated carbocycles. The highest BCUT2D eigenvalue weighted by atomic mass is 32.1. The second-order valence-electron chi connectivity index (χ2n) is 6.24. The molecular formula is C18H17FN4OS. The van der Waals surface area contributed by atoms with Crippen molar-refractivity contribution >= 4 is 17.2 Å². The quantitative estimate of drug-likeness (QED) is 0.721. The predicted molar refractivity (Wildman–Crippen MR) is 93.4 cm³/mol. The van der Waals surface area contributed by atoms with Crippen LogP contribution in [0.3, 0.4) is 0 Å². The molecule has 0 N–H and O–H groups in total. The maximum absolute atomic E-state index is 13.4. The van der Waals surface area contributed by atoms with Gasteiger partial charge in [-0.2, -0.15) is 0 Å². The van der Waals surface area contributed by atoms with Gasteiger partial charge in [-0.15, -0.1) is 21.5 Å². The van der Waals surface area contributed by atoms with Crippen LogP contribution >= 0.6 is 11.3 Å². The Bertz CT molecular complexity index is 948. The van der Waals surface area contributed by atoms with Crippen LogP contribution in [0.1, 0.15) is 29.9 Å². The van der Waals surface area contributed by atoms with Gasteiger partial charge in [0.15, 0.2) is 11.6 Å². The lowest BCUT2D eigenvalue weighted by atomic mass is 10.1. The molecular weight excluding hydrogens is 339 g/mol. The molecule has 7 heteroatoms. The Kier molecular flexibility index (Phi) is 3.88. The summed E-state index contributed by atoms with van der Waals surface area (Å²) < 4.78 is 15.3. The molecule has 3 heterocycles. The van der Waals surface area contributed by atoms with Crippen molar-refractivity contribution < 1.29 is 9.18 Å². The molecule has 1 atom stereocenters. The monoisotopic (exact) mass is 356 g/mol.